The summed E-state index contributed by atoms with van der Waals surface area (Å²) in [5.41, 5.74) is 7.98. The van der Waals surface area contributed by atoms with Crippen LogP contribution in [0.15, 0.2) is 35.7 Å². The first-order chi connectivity index (χ1) is 10.6. The lowest BCUT2D eigenvalue weighted by Crippen LogP contribution is -2.42. The molecule has 0 unspecified atom stereocenters. The van der Waals surface area contributed by atoms with Gasteiger partial charge in [0.15, 0.2) is 0 Å². The van der Waals surface area contributed by atoms with Crippen molar-refractivity contribution in [2.75, 3.05) is 6.54 Å². The molecule has 0 saturated heterocycles. The molecule has 0 fully saturated rings. The molecule has 0 spiro atoms. The summed E-state index contributed by atoms with van der Waals surface area (Å²) in [6, 6.07) is 9.69. The fourth-order valence-electron chi connectivity index (χ4n) is 2.19. The number of nitrogens with two attached hydrogens (primary N) is 1. The van der Waals surface area contributed by atoms with Crippen LogP contribution in [-0.4, -0.2) is 23.5 Å². The Bertz CT molecular complexity index is 601. The summed E-state index contributed by atoms with van der Waals surface area (Å²) < 4.78 is 0. The van der Waals surface area contributed by atoms with Gasteiger partial charge >= 0.3 is 0 Å². The van der Waals surface area contributed by atoms with Gasteiger partial charge in [-0.3, -0.25) is 4.79 Å². The van der Waals surface area contributed by atoms with E-state index < -0.39 is 6.04 Å². The molecule has 1 atom stereocenters. The molecular formula is C17H24ClN3OS. The minimum atomic E-state index is -0.421. The van der Waals surface area contributed by atoms with Crippen LogP contribution in [0.2, 0.25) is 0 Å². The third-order valence-electron chi connectivity index (χ3n) is 3.31. The number of hydrogen-bond donors (Lipinski definition) is 2. The van der Waals surface area contributed by atoms with Crippen LogP contribution >= 0.6 is 23.7 Å². The van der Waals surface area contributed by atoms with Crippen LogP contribution < -0.4 is 11.1 Å². The summed E-state index contributed by atoms with van der Waals surface area (Å²) in [5, 5.41) is 5.94. The summed E-state index contributed by atoms with van der Waals surface area (Å²) in [5.74, 6) is 0.347. The van der Waals surface area contributed by atoms with E-state index in [2.05, 4.69) is 36.3 Å². The second kappa shape index (κ2) is 9.65. The van der Waals surface area contributed by atoms with E-state index in [1.165, 1.54) is 0 Å². The van der Waals surface area contributed by atoms with Gasteiger partial charge in [-0.1, -0.05) is 44.2 Å². The minimum absolute atomic E-state index is 0. The first kappa shape index (κ1) is 19.6. The van der Waals surface area contributed by atoms with Crippen molar-refractivity contribution in [1.29, 1.82) is 0 Å². The van der Waals surface area contributed by atoms with Crippen molar-refractivity contribution in [2.45, 2.75) is 32.7 Å². The smallest absolute Gasteiger partial charge is 0.236 e. The van der Waals surface area contributed by atoms with Gasteiger partial charge in [0.2, 0.25) is 5.91 Å². The number of carbonyl (C=O) groups is 1. The molecule has 2 rings (SSSR count). The molecule has 0 aliphatic rings. The van der Waals surface area contributed by atoms with Gasteiger partial charge in [-0.15, -0.1) is 23.7 Å². The van der Waals surface area contributed by atoms with Crippen molar-refractivity contribution in [3.05, 3.63) is 41.4 Å². The summed E-state index contributed by atoms with van der Waals surface area (Å²) >= 11 is 1.63. The monoisotopic (exact) mass is 353 g/mol. The van der Waals surface area contributed by atoms with Crippen molar-refractivity contribution in [1.82, 2.24) is 10.3 Å². The van der Waals surface area contributed by atoms with Crippen molar-refractivity contribution in [3.63, 3.8) is 0 Å². The van der Waals surface area contributed by atoms with Gasteiger partial charge < -0.3 is 11.1 Å². The Hall–Kier alpha value is -1.43. The van der Waals surface area contributed by atoms with E-state index in [9.17, 15) is 4.79 Å². The predicted octanol–water partition coefficient (Wildman–Crippen LogP) is 3.26. The number of hydrogen-bond acceptors (Lipinski definition) is 4. The highest BCUT2D eigenvalue weighted by Crippen LogP contribution is 2.23. The Kier molecular flexibility index (Phi) is 8.23. The molecular weight excluding hydrogens is 330 g/mol. The van der Waals surface area contributed by atoms with E-state index >= 15 is 0 Å². The Balaban J connectivity index is 0.00000264. The SMILES string of the molecule is CC(C)C[C@H](N)C(=O)NCCc1csc(-c2ccccc2)n1.Cl. The van der Waals surface area contributed by atoms with E-state index in [1.807, 2.05) is 23.6 Å². The highest BCUT2D eigenvalue weighted by Gasteiger charge is 2.14. The molecule has 0 radical (unpaired) electrons. The fourth-order valence-corrected chi connectivity index (χ4v) is 3.06. The van der Waals surface area contributed by atoms with Crippen LogP contribution in [0.5, 0.6) is 0 Å². The third kappa shape index (κ3) is 6.29. The predicted molar refractivity (Wildman–Crippen MR) is 98.9 cm³/mol. The zero-order chi connectivity index (χ0) is 15.9. The molecule has 126 valence electrons. The first-order valence-electron chi connectivity index (χ1n) is 7.59. The summed E-state index contributed by atoms with van der Waals surface area (Å²) in [7, 11) is 0. The highest BCUT2D eigenvalue weighted by atomic mass is 35.5. The summed E-state index contributed by atoms with van der Waals surface area (Å²) in [6.45, 7) is 4.70. The van der Waals surface area contributed by atoms with Gasteiger partial charge in [0.05, 0.1) is 11.7 Å². The maximum atomic E-state index is 11.8. The normalized spacial score (nSPS) is 11.8. The number of nitrogens with one attached hydrogen (secondary N) is 1. The molecule has 3 N–H and O–H groups in total. The van der Waals surface area contributed by atoms with Gasteiger partial charge in [-0.05, 0) is 12.3 Å². The zero-order valence-electron chi connectivity index (χ0n) is 13.5. The quantitative estimate of drug-likeness (QED) is 0.802. The number of rotatable bonds is 7. The number of thiazole rings is 1. The summed E-state index contributed by atoms with van der Waals surface area (Å²) in [4.78, 5) is 16.4. The Morgan fingerprint density at radius 1 is 1.30 bits per heavy atom. The number of halogens is 1. The van der Waals surface area contributed by atoms with Crippen molar-refractivity contribution < 1.29 is 4.79 Å². The lowest BCUT2D eigenvalue weighted by atomic mass is 10.0. The van der Waals surface area contributed by atoms with Crippen LogP contribution in [0.3, 0.4) is 0 Å². The number of benzene rings is 1. The molecule has 0 aliphatic heterocycles. The average molecular weight is 354 g/mol. The molecule has 1 heterocycles. The maximum absolute atomic E-state index is 11.8. The fraction of sp³-hybridized carbons (Fsp3) is 0.412. The minimum Gasteiger partial charge on any atom is -0.354 e. The molecule has 1 aromatic carbocycles. The standard InChI is InChI=1S/C17H23N3OS.ClH/c1-12(2)10-15(18)16(21)19-9-8-14-11-22-17(20-14)13-6-4-3-5-7-13;/h3-7,11-12,15H,8-10,18H2,1-2H3,(H,19,21);1H/t15-;/m0./s1. The van der Waals surface area contributed by atoms with Crippen molar-refractivity contribution >= 4 is 29.7 Å². The Morgan fingerprint density at radius 3 is 2.65 bits per heavy atom. The van der Waals surface area contributed by atoms with E-state index in [4.69, 9.17) is 5.73 Å². The zero-order valence-corrected chi connectivity index (χ0v) is 15.1. The summed E-state index contributed by atoms with van der Waals surface area (Å²) in [6.07, 6.45) is 1.43. The van der Waals surface area contributed by atoms with Crippen molar-refractivity contribution in [3.8, 4) is 10.6 Å². The molecule has 1 aromatic heterocycles. The third-order valence-corrected chi connectivity index (χ3v) is 4.26. The lowest BCUT2D eigenvalue weighted by Gasteiger charge is -2.13. The molecule has 0 saturated carbocycles. The first-order valence-corrected chi connectivity index (χ1v) is 8.47. The number of amides is 1. The molecule has 6 heteroatoms. The van der Waals surface area contributed by atoms with Crippen LogP contribution in [0, 0.1) is 5.92 Å². The van der Waals surface area contributed by atoms with E-state index in [0.29, 0.717) is 18.9 Å². The van der Waals surface area contributed by atoms with Crippen molar-refractivity contribution in [2.24, 2.45) is 11.7 Å². The molecule has 1 amide bonds. The lowest BCUT2D eigenvalue weighted by molar-refractivity contribution is -0.122. The average Bonchev–Trinajstić information content (AvgIpc) is 2.96. The Morgan fingerprint density at radius 2 is 2.00 bits per heavy atom. The number of carbonyl (C=O) groups excluding carboxylic acids is 1. The molecule has 2 aromatic rings. The molecule has 4 nitrogen and oxygen atoms in total. The molecule has 0 aliphatic carbocycles. The Labute approximate surface area is 147 Å². The maximum Gasteiger partial charge on any atom is 0.236 e. The largest absolute Gasteiger partial charge is 0.354 e. The van der Waals surface area contributed by atoms with Gasteiger partial charge in [-0.25, -0.2) is 4.98 Å². The van der Waals surface area contributed by atoms with Gasteiger partial charge in [0.1, 0.15) is 5.01 Å². The van der Waals surface area contributed by atoms with Gasteiger partial charge in [-0.2, -0.15) is 0 Å². The van der Waals surface area contributed by atoms with E-state index in [0.717, 1.165) is 22.7 Å². The van der Waals surface area contributed by atoms with Crippen LogP contribution in [0.25, 0.3) is 10.6 Å². The van der Waals surface area contributed by atoms with Crippen LogP contribution in [0.1, 0.15) is 26.0 Å². The van der Waals surface area contributed by atoms with Crippen LogP contribution in [-0.2, 0) is 11.2 Å². The van der Waals surface area contributed by atoms with E-state index in [1.54, 1.807) is 11.3 Å². The van der Waals surface area contributed by atoms with Crippen LogP contribution in [0.4, 0.5) is 0 Å². The number of nitrogens with zero attached hydrogens (tertiary/aromatic N) is 1. The highest BCUT2D eigenvalue weighted by molar-refractivity contribution is 7.13. The van der Waals surface area contributed by atoms with Gasteiger partial charge in [0.25, 0.3) is 0 Å². The van der Waals surface area contributed by atoms with Gasteiger partial charge in [0, 0.05) is 23.9 Å². The number of aromatic nitrogens is 1. The van der Waals surface area contributed by atoms with E-state index in [-0.39, 0.29) is 18.3 Å². The second-order valence-corrected chi connectivity index (χ2v) is 6.65. The molecule has 23 heavy (non-hydrogen) atoms. The molecule has 0 bridgehead atoms. The topological polar surface area (TPSA) is 68.0 Å². The second-order valence-electron chi connectivity index (χ2n) is 5.79.